The number of ether oxygens (including phenoxy) is 1. The van der Waals surface area contributed by atoms with Gasteiger partial charge in [0.1, 0.15) is 5.75 Å². The molecule has 2 aromatic carbocycles. The Morgan fingerprint density at radius 1 is 0.867 bits per heavy atom. The van der Waals surface area contributed by atoms with Crippen LogP contribution in [0.1, 0.15) is 43.6 Å². The number of benzene rings is 2. The maximum absolute atomic E-state index is 12.2. The summed E-state index contributed by atoms with van der Waals surface area (Å²) in [6, 6.07) is 14.0. The molecule has 0 unspecified atom stereocenters. The molecule has 0 bridgehead atoms. The van der Waals surface area contributed by atoms with Crippen LogP contribution in [0, 0.1) is 0 Å². The van der Waals surface area contributed by atoms with Crippen molar-refractivity contribution < 1.29 is 19.1 Å². The lowest BCUT2D eigenvalue weighted by Crippen LogP contribution is -2.32. The maximum Gasteiger partial charge on any atom is 0.257 e. The molecule has 0 saturated heterocycles. The number of likely N-dealkylation sites (N-methyl/N-ethyl adjacent to an activating group) is 1. The zero-order chi connectivity index (χ0) is 22.1. The molecule has 3 amide bonds. The number of rotatable bonds is 8. The molecule has 0 spiro atoms. The van der Waals surface area contributed by atoms with Crippen molar-refractivity contribution in [2.24, 2.45) is 0 Å². The normalized spacial score (nSPS) is 10.8. The topological polar surface area (TPSA) is 96.5 Å². The molecule has 0 fully saturated rings. The van der Waals surface area contributed by atoms with E-state index < -0.39 is 0 Å². The molecule has 30 heavy (non-hydrogen) atoms. The van der Waals surface area contributed by atoms with E-state index in [1.807, 2.05) is 19.1 Å². The lowest BCUT2D eigenvalue weighted by molar-refractivity contribution is -0.123. The Balaban J connectivity index is 1.80. The van der Waals surface area contributed by atoms with Crippen LogP contribution < -0.4 is 20.7 Å². The Labute approximate surface area is 177 Å². The number of carbonyl (C=O) groups excluding carboxylic acids is 3. The minimum absolute atomic E-state index is 0.0113. The minimum Gasteiger partial charge on any atom is -0.484 e. The van der Waals surface area contributed by atoms with Gasteiger partial charge in [-0.3, -0.25) is 14.4 Å². The molecule has 0 aliphatic carbocycles. The summed E-state index contributed by atoms with van der Waals surface area (Å²) in [5.74, 6) is -0.324. The van der Waals surface area contributed by atoms with Gasteiger partial charge in [-0.2, -0.15) is 0 Å². The molecule has 7 nitrogen and oxygen atoms in total. The molecular formula is C23H29N3O4. The van der Waals surface area contributed by atoms with Crippen LogP contribution in [0.3, 0.4) is 0 Å². The summed E-state index contributed by atoms with van der Waals surface area (Å²) in [6.07, 6.45) is 0. The van der Waals surface area contributed by atoms with E-state index in [1.165, 1.54) is 0 Å². The van der Waals surface area contributed by atoms with Crippen LogP contribution in [0.25, 0.3) is 0 Å². The zero-order valence-corrected chi connectivity index (χ0v) is 17.9. The van der Waals surface area contributed by atoms with Crippen molar-refractivity contribution in [3.63, 3.8) is 0 Å². The maximum atomic E-state index is 12.2. The van der Waals surface area contributed by atoms with E-state index >= 15 is 0 Å². The van der Waals surface area contributed by atoms with Crippen molar-refractivity contribution in [2.45, 2.75) is 33.1 Å². The predicted molar refractivity (Wildman–Crippen MR) is 117 cm³/mol. The van der Waals surface area contributed by atoms with E-state index in [1.54, 1.807) is 36.4 Å². The van der Waals surface area contributed by atoms with Crippen molar-refractivity contribution in [2.75, 3.05) is 25.0 Å². The fourth-order valence-electron chi connectivity index (χ4n) is 2.62. The lowest BCUT2D eigenvalue weighted by atomic mass is 9.87. The van der Waals surface area contributed by atoms with Gasteiger partial charge in [0.05, 0.1) is 6.54 Å². The van der Waals surface area contributed by atoms with E-state index in [0.29, 0.717) is 23.5 Å². The van der Waals surface area contributed by atoms with Gasteiger partial charge in [-0.05, 0) is 54.3 Å². The van der Waals surface area contributed by atoms with Crippen molar-refractivity contribution >= 4 is 23.4 Å². The molecule has 3 N–H and O–H groups in total. The lowest BCUT2D eigenvalue weighted by Gasteiger charge is -2.19. The van der Waals surface area contributed by atoms with Crippen LogP contribution in [0.2, 0.25) is 0 Å². The second-order valence-electron chi connectivity index (χ2n) is 7.82. The highest BCUT2D eigenvalue weighted by molar-refractivity contribution is 5.99. The number of nitrogens with one attached hydrogen (secondary N) is 3. The first-order chi connectivity index (χ1) is 14.2. The van der Waals surface area contributed by atoms with Gasteiger partial charge >= 0.3 is 0 Å². The number of hydrogen-bond acceptors (Lipinski definition) is 4. The number of amides is 3. The molecule has 0 radical (unpaired) electrons. The van der Waals surface area contributed by atoms with Gasteiger partial charge in [0, 0.05) is 17.8 Å². The SMILES string of the molecule is CCNC(=O)COc1ccc(NC(=O)CNC(=O)c2ccc(C(C)(C)C)cc2)cc1. The molecule has 0 aliphatic rings. The summed E-state index contributed by atoms with van der Waals surface area (Å²) >= 11 is 0. The van der Waals surface area contributed by atoms with E-state index in [-0.39, 0.29) is 36.3 Å². The fourth-order valence-corrected chi connectivity index (χ4v) is 2.62. The smallest absolute Gasteiger partial charge is 0.257 e. The van der Waals surface area contributed by atoms with Gasteiger partial charge in [-0.1, -0.05) is 32.9 Å². The molecule has 7 heteroatoms. The molecule has 0 aliphatic heterocycles. The zero-order valence-electron chi connectivity index (χ0n) is 17.9. The Kier molecular flexibility index (Phi) is 7.98. The highest BCUT2D eigenvalue weighted by atomic mass is 16.5. The standard InChI is InChI=1S/C23H29N3O4/c1-5-24-21(28)15-30-19-12-10-18(11-13-19)26-20(27)14-25-22(29)16-6-8-17(9-7-16)23(2,3)4/h6-13H,5,14-15H2,1-4H3,(H,24,28)(H,25,29)(H,26,27). The molecule has 0 aromatic heterocycles. The number of anilines is 1. The molecule has 0 atom stereocenters. The first-order valence-electron chi connectivity index (χ1n) is 9.87. The summed E-state index contributed by atoms with van der Waals surface area (Å²) in [7, 11) is 0. The van der Waals surface area contributed by atoms with Crippen LogP contribution >= 0.6 is 0 Å². The largest absolute Gasteiger partial charge is 0.484 e. The summed E-state index contributed by atoms with van der Waals surface area (Å²) < 4.78 is 5.36. The summed E-state index contributed by atoms with van der Waals surface area (Å²) in [5, 5.41) is 7.96. The Hall–Kier alpha value is -3.35. The van der Waals surface area contributed by atoms with Crippen LogP contribution in [-0.4, -0.2) is 37.4 Å². The third-order valence-electron chi connectivity index (χ3n) is 4.30. The molecular weight excluding hydrogens is 382 g/mol. The van der Waals surface area contributed by atoms with Crippen LogP contribution in [0.5, 0.6) is 5.75 Å². The average molecular weight is 412 g/mol. The monoisotopic (exact) mass is 411 g/mol. The van der Waals surface area contributed by atoms with Crippen molar-refractivity contribution in [3.05, 3.63) is 59.7 Å². The second-order valence-corrected chi connectivity index (χ2v) is 7.82. The molecule has 160 valence electrons. The van der Waals surface area contributed by atoms with E-state index in [0.717, 1.165) is 5.56 Å². The van der Waals surface area contributed by atoms with Gasteiger partial charge in [0.15, 0.2) is 6.61 Å². The minimum atomic E-state index is -0.342. The third-order valence-corrected chi connectivity index (χ3v) is 4.30. The highest BCUT2D eigenvalue weighted by Gasteiger charge is 2.14. The van der Waals surface area contributed by atoms with Gasteiger partial charge < -0.3 is 20.7 Å². The number of hydrogen-bond donors (Lipinski definition) is 3. The summed E-state index contributed by atoms with van der Waals surface area (Å²) in [5.41, 5.74) is 2.21. The van der Waals surface area contributed by atoms with Gasteiger partial charge in [0.2, 0.25) is 5.91 Å². The third kappa shape index (κ3) is 7.24. The Morgan fingerprint density at radius 2 is 1.50 bits per heavy atom. The van der Waals surface area contributed by atoms with Crippen molar-refractivity contribution in [1.29, 1.82) is 0 Å². The van der Waals surface area contributed by atoms with E-state index in [2.05, 4.69) is 36.7 Å². The molecule has 2 aromatic rings. The quantitative estimate of drug-likeness (QED) is 0.622. The van der Waals surface area contributed by atoms with Crippen molar-refractivity contribution in [1.82, 2.24) is 10.6 Å². The van der Waals surface area contributed by atoms with Crippen LogP contribution in [-0.2, 0) is 15.0 Å². The van der Waals surface area contributed by atoms with Crippen molar-refractivity contribution in [3.8, 4) is 5.75 Å². The first-order valence-corrected chi connectivity index (χ1v) is 9.87. The Bertz CT molecular complexity index is 869. The average Bonchev–Trinajstić information content (AvgIpc) is 2.71. The summed E-state index contributed by atoms with van der Waals surface area (Å²) in [6.45, 7) is 8.49. The molecule has 2 rings (SSSR count). The number of carbonyl (C=O) groups is 3. The molecule has 0 saturated carbocycles. The summed E-state index contributed by atoms with van der Waals surface area (Å²) in [4.78, 5) is 35.7. The fraction of sp³-hybridized carbons (Fsp3) is 0.348. The molecule has 0 heterocycles. The van der Waals surface area contributed by atoms with Crippen LogP contribution in [0.15, 0.2) is 48.5 Å². The van der Waals surface area contributed by atoms with Gasteiger partial charge in [-0.15, -0.1) is 0 Å². The highest BCUT2D eigenvalue weighted by Crippen LogP contribution is 2.22. The van der Waals surface area contributed by atoms with Crippen LogP contribution in [0.4, 0.5) is 5.69 Å². The van der Waals surface area contributed by atoms with Gasteiger partial charge in [0.25, 0.3) is 11.8 Å². The Morgan fingerprint density at radius 3 is 2.07 bits per heavy atom. The first kappa shape index (κ1) is 22.9. The van der Waals surface area contributed by atoms with E-state index in [4.69, 9.17) is 4.74 Å². The van der Waals surface area contributed by atoms with Gasteiger partial charge in [-0.25, -0.2) is 0 Å². The second kappa shape index (κ2) is 10.4. The predicted octanol–water partition coefficient (Wildman–Crippen LogP) is 2.87. The van der Waals surface area contributed by atoms with E-state index in [9.17, 15) is 14.4 Å².